The molecule has 0 aliphatic carbocycles. The van der Waals surface area contributed by atoms with Crippen LogP contribution < -0.4 is 10.6 Å². The summed E-state index contributed by atoms with van der Waals surface area (Å²) >= 11 is 7.79. The Kier molecular flexibility index (Phi) is 7.55. The number of hydrogen-bond donors (Lipinski definition) is 2. The quantitative estimate of drug-likeness (QED) is 0.282. The maximum absolute atomic E-state index is 12.7. The Hall–Kier alpha value is -3.29. The second-order valence-electron chi connectivity index (χ2n) is 8.07. The van der Waals surface area contributed by atoms with Crippen molar-refractivity contribution in [2.24, 2.45) is 0 Å². The minimum atomic E-state index is -0.388. The number of nitrogens with one attached hydrogen (secondary N) is 2. The monoisotopic (exact) mass is 491 g/mol. The van der Waals surface area contributed by atoms with Crippen molar-refractivity contribution < 1.29 is 4.79 Å². The van der Waals surface area contributed by atoms with E-state index in [0.29, 0.717) is 16.5 Å². The lowest BCUT2D eigenvalue weighted by atomic mass is 10.2. The van der Waals surface area contributed by atoms with Gasteiger partial charge in [0.05, 0.1) is 6.04 Å². The van der Waals surface area contributed by atoms with Gasteiger partial charge in [0.2, 0.25) is 0 Å². The van der Waals surface area contributed by atoms with Crippen LogP contribution in [0, 0.1) is 13.8 Å². The summed E-state index contributed by atoms with van der Waals surface area (Å²) in [4.78, 5) is 12.7. The molecular weight excluding hydrogens is 466 g/mol. The Morgan fingerprint density at radius 2 is 1.76 bits per heavy atom. The molecule has 2 amide bonds. The Balaban J connectivity index is 1.55. The van der Waals surface area contributed by atoms with Crippen molar-refractivity contribution in [1.82, 2.24) is 20.1 Å². The van der Waals surface area contributed by atoms with E-state index in [9.17, 15) is 4.79 Å². The topological polar surface area (TPSA) is 71.8 Å². The van der Waals surface area contributed by atoms with Gasteiger partial charge < -0.3 is 10.6 Å². The van der Waals surface area contributed by atoms with Gasteiger partial charge in [-0.2, -0.15) is 0 Å². The van der Waals surface area contributed by atoms with Crippen molar-refractivity contribution in [3.63, 3.8) is 0 Å². The van der Waals surface area contributed by atoms with Crippen LogP contribution in [0.2, 0.25) is 5.02 Å². The van der Waals surface area contributed by atoms with E-state index >= 15 is 0 Å². The summed E-state index contributed by atoms with van der Waals surface area (Å²) in [5.41, 5.74) is 4.89. The van der Waals surface area contributed by atoms with E-state index in [1.807, 2.05) is 67.8 Å². The normalized spacial score (nSPS) is 11.8. The van der Waals surface area contributed by atoms with E-state index in [4.69, 9.17) is 11.6 Å². The highest BCUT2D eigenvalue weighted by molar-refractivity contribution is 7.98. The maximum Gasteiger partial charge on any atom is 0.319 e. The Bertz CT molecular complexity index is 1270. The van der Waals surface area contributed by atoms with Crippen LogP contribution in [0.15, 0.2) is 78.0 Å². The van der Waals surface area contributed by atoms with Gasteiger partial charge >= 0.3 is 6.03 Å². The fourth-order valence-electron chi connectivity index (χ4n) is 3.41. The van der Waals surface area contributed by atoms with E-state index in [1.165, 1.54) is 11.1 Å². The summed E-state index contributed by atoms with van der Waals surface area (Å²) in [5.74, 6) is 1.41. The number of aryl methyl sites for hydroxylation is 2. The number of hydrogen-bond acceptors (Lipinski definition) is 4. The highest BCUT2D eigenvalue weighted by Gasteiger charge is 2.21. The van der Waals surface area contributed by atoms with Gasteiger partial charge in [0.15, 0.2) is 11.0 Å². The van der Waals surface area contributed by atoms with Gasteiger partial charge in [0.25, 0.3) is 0 Å². The third kappa shape index (κ3) is 5.79. The number of amides is 2. The van der Waals surface area contributed by atoms with E-state index in [-0.39, 0.29) is 12.1 Å². The van der Waals surface area contributed by atoms with Gasteiger partial charge in [-0.25, -0.2) is 4.79 Å². The molecule has 2 N–H and O–H groups in total. The first-order chi connectivity index (χ1) is 16.4. The van der Waals surface area contributed by atoms with Crippen LogP contribution in [0.5, 0.6) is 0 Å². The molecule has 3 aromatic carbocycles. The number of halogens is 1. The third-order valence-electron chi connectivity index (χ3n) is 5.33. The van der Waals surface area contributed by atoms with Crippen molar-refractivity contribution in [2.45, 2.75) is 37.7 Å². The van der Waals surface area contributed by atoms with E-state index in [1.54, 1.807) is 17.8 Å². The summed E-state index contributed by atoms with van der Waals surface area (Å²) in [6.07, 6.45) is 0. The molecule has 1 heterocycles. The molecule has 1 atom stereocenters. The molecule has 0 bridgehead atoms. The van der Waals surface area contributed by atoms with E-state index < -0.39 is 0 Å². The lowest BCUT2D eigenvalue weighted by Gasteiger charge is -2.17. The van der Waals surface area contributed by atoms with Crippen LogP contribution in [-0.2, 0) is 5.75 Å². The molecular formula is C26H26ClN5OS. The third-order valence-corrected chi connectivity index (χ3v) is 6.73. The Morgan fingerprint density at radius 1 is 1.03 bits per heavy atom. The highest BCUT2D eigenvalue weighted by atomic mass is 35.5. The molecule has 4 aromatic rings. The SMILES string of the molecule is Cc1ccc(-n2c(SCc3ccccc3)nnc2C(C)NC(=O)Nc2ccc(C)c(Cl)c2)cc1. The first-order valence-corrected chi connectivity index (χ1v) is 12.3. The minimum Gasteiger partial charge on any atom is -0.328 e. The van der Waals surface area contributed by atoms with Crippen molar-refractivity contribution in [2.75, 3.05) is 5.32 Å². The summed E-state index contributed by atoms with van der Waals surface area (Å²) in [7, 11) is 0. The molecule has 1 aromatic heterocycles. The molecule has 8 heteroatoms. The zero-order valence-electron chi connectivity index (χ0n) is 19.2. The van der Waals surface area contributed by atoms with Gasteiger partial charge in [-0.15, -0.1) is 10.2 Å². The summed E-state index contributed by atoms with van der Waals surface area (Å²) < 4.78 is 2.00. The predicted octanol–water partition coefficient (Wildman–Crippen LogP) is 6.71. The molecule has 4 rings (SSSR count). The van der Waals surface area contributed by atoms with Crippen LogP contribution >= 0.6 is 23.4 Å². The Morgan fingerprint density at radius 3 is 2.47 bits per heavy atom. The lowest BCUT2D eigenvalue weighted by Crippen LogP contribution is -2.32. The number of thioether (sulfide) groups is 1. The fraction of sp³-hybridized carbons (Fsp3) is 0.192. The Labute approximate surface area is 208 Å². The van der Waals surface area contributed by atoms with E-state index in [2.05, 4.69) is 45.1 Å². The predicted molar refractivity (Wildman–Crippen MR) is 139 cm³/mol. The molecule has 6 nitrogen and oxygen atoms in total. The summed E-state index contributed by atoms with van der Waals surface area (Å²) in [6, 6.07) is 23.1. The summed E-state index contributed by atoms with van der Waals surface area (Å²) in [5, 5.41) is 16.1. The van der Waals surface area contributed by atoms with Crippen molar-refractivity contribution in [3.8, 4) is 5.69 Å². The number of urea groups is 1. The smallest absolute Gasteiger partial charge is 0.319 e. The molecule has 0 saturated heterocycles. The number of aromatic nitrogens is 3. The van der Waals surface area contributed by atoms with Gasteiger partial charge in [0, 0.05) is 22.2 Å². The largest absolute Gasteiger partial charge is 0.328 e. The van der Waals surface area contributed by atoms with Crippen molar-refractivity contribution in [1.29, 1.82) is 0 Å². The van der Waals surface area contributed by atoms with Crippen LogP contribution in [-0.4, -0.2) is 20.8 Å². The molecule has 0 aliphatic rings. The minimum absolute atomic E-state index is 0.343. The van der Waals surface area contributed by atoms with Crippen molar-refractivity contribution in [3.05, 3.63) is 100 Å². The number of carbonyl (C=O) groups excluding carboxylic acids is 1. The zero-order valence-corrected chi connectivity index (χ0v) is 20.8. The first-order valence-electron chi connectivity index (χ1n) is 10.9. The summed E-state index contributed by atoms with van der Waals surface area (Å²) in [6.45, 7) is 5.86. The van der Waals surface area contributed by atoms with Gasteiger partial charge in [-0.05, 0) is 56.2 Å². The molecule has 0 saturated carbocycles. The number of rotatable bonds is 7. The van der Waals surface area contributed by atoms with Crippen LogP contribution in [0.3, 0.4) is 0 Å². The number of carbonyl (C=O) groups is 1. The number of anilines is 1. The van der Waals surface area contributed by atoms with Crippen LogP contribution in [0.4, 0.5) is 10.5 Å². The van der Waals surface area contributed by atoms with Gasteiger partial charge in [-0.1, -0.05) is 77.5 Å². The van der Waals surface area contributed by atoms with Crippen molar-refractivity contribution >= 4 is 35.1 Å². The molecule has 174 valence electrons. The molecule has 34 heavy (non-hydrogen) atoms. The molecule has 0 spiro atoms. The zero-order chi connectivity index (χ0) is 24.1. The lowest BCUT2D eigenvalue weighted by molar-refractivity contribution is 0.249. The molecule has 0 fully saturated rings. The van der Waals surface area contributed by atoms with Crippen LogP contribution in [0.1, 0.15) is 35.5 Å². The fourth-order valence-corrected chi connectivity index (χ4v) is 4.51. The number of benzene rings is 3. The maximum atomic E-state index is 12.7. The van der Waals surface area contributed by atoms with Gasteiger partial charge in [0.1, 0.15) is 0 Å². The van der Waals surface area contributed by atoms with Gasteiger partial charge in [-0.3, -0.25) is 4.57 Å². The number of nitrogens with zero attached hydrogens (tertiary/aromatic N) is 3. The second kappa shape index (κ2) is 10.8. The standard InChI is InChI=1S/C26H26ClN5OS/c1-17-9-13-22(14-10-17)32-24(30-31-26(32)34-16-20-7-5-4-6-8-20)19(3)28-25(33)29-21-12-11-18(2)23(27)15-21/h4-15,19H,16H2,1-3H3,(H2,28,29,33). The average molecular weight is 492 g/mol. The van der Waals surface area contributed by atoms with Crippen LogP contribution in [0.25, 0.3) is 5.69 Å². The molecule has 0 aliphatic heterocycles. The highest BCUT2D eigenvalue weighted by Crippen LogP contribution is 2.28. The first kappa shape index (κ1) is 23.9. The molecule has 0 radical (unpaired) electrons. The second-order valence-corrected chi connectivity index (χ2v) is 9.42. The molecule has 1 unspecified atom stereocenters. The average Bonchev–Trinajstić information content (AvgIpc) is 3.25. The van der Waals surface area contributed by atoms with E-state index in [0.717, 1.165) is 22.2 Å².